The Morgan fingerprint density at radius 1 is 0.967 bits per heavy atom. The molecular formula is C20H19BrCl4O5. The summed E-state index contributed by atoms with van der Waals surface area (Å²) in [7, 11) is 0. The first kappa shape index (κ1) is 24.5. The largest absolute Gasteiger partial charge is 0.381 e. The molecule has 0 spiro atoms. The molecule has 3 rings (SSSR count). The van der Waals surface area contributed by atoms with Crippen molar-refractivity contribution in [2.24, 2.45) is 0 Å². The minimum atomic E-state index is -2.01. The first-order chi connectivity index (χ1) is 14.0. The van der Waals surface area contributed by atoms with E-state index in [1.165, 1.54) is 6.92 Å². The lowest BCUT2D eigenvalue weighted by atomic mass is 9.97. The number of hydrogen-bond donors (Lipinski definition) is 2. The second-order valence-corrected chi connectivity index (χ2v) is 9.85. The molecule has 0 aliphatic carbocycles. The van der Waals surface area contributed by atoms with Gasteiger partial charge in [-0.25, -0.2) is 0 Å². The van der Waals surface area contributed by atoms with E-state index in [2.05, 4.69) is 15.9 Å². The Morgan fingerprint density at radius 2 is 1.50 bits per heavy atom. The zero-order valence-corrected chi connectivity index (χ0v) is 20.4. The van der Waals surface area contributed by atoms with Gasteiger partial charge in [-0.1, -0.05) is 58.5 Å². The number of ether oxygens (including phenoxy) is 3. The lowest BCUT2D eigenvalue weighted by Crippen LogP contribution is -2.51. The molecule has 0 aromatic heterocycles. The molecule has 10 heteroatoms. The van der Waals surface area contributed by atoms with Gasteiger partial charge in [0.2, 0.25) is 0 Å². The van der Waals surface area contributed by atoms with Gasteiger partial charge in [-0.2, -0.15) is 0 Å². The van der Waals surface area contributed by atoms with Crippen molar-refractivity contribution < 1.29 is 24.4 Å². The summed E-state index contributed by atoms with van der Waals surface area (Å²) in [5, 5.41) is 23.2. The van der Waals surface area contributed by atoms with Crippen molar-refractivity contribution in [1.82, 2.24) is 0 Å². The summed E-state index contributed by atoms with van der Waals surface area (Å²) in [6.45, 7) is 1.70. The van der Waals surface area contributed by atoms with E-state index in [0.29, 0.717) is 25.7 Å². The number of benzene rings is 2. The maximum absolute atomic E-state index is 10.8. The van der Waals surface area contributed by atoms with Crippen LogP contribution in [0.2, 0.25) is 20.1 Å². The normalized spacial score (nSPS) is 28.8. The molecule has 1 saturated heterocycles. The number of hydrogen-bond acceptors (Lipinski definition) is 5. The number of alkyl halides is 1. The molecule has 1 unspecified atom stereocenters. The van der Waals surface area contributed by atoms with Crippen LogP contribution in [-0.4, -0.2) is 39.3 Å². The first-order valence-electron chi connectivity index (χ1n) is 8.90. The monoisotopic (exact) mass is 558 g/mol. The van der Waals surface area contributed by atoms with Gasteiger partial charge in [-0.3, -0.25) is 0 Å². The third-order valence-electron chi connectivity index (χ3n) is 4.81. The molecule has 2 aromatic rings. The lowest BCUT2D eigenvalue weighted by molar-refractivity contribution is -0.196. The van der Waals surface area contributed by atoms with Gasteiger partial charge in [0.1, 0.15) is 12.2 Å². The summed E-state index contributed by atoms with van der Waals surface area (Å²) < 4.78 is 15.2. The number of halogens is 5. The Kier molecular flexibility index (Phi) is 8.00. The minimum absolute atomic E-state index is 0.0298. The molecule has 2 aromatic carbocycles. The van der Waals surface area contributed by atoms with Crippen LogP contribution in [0.1, 0.15) is 18.1 Å². The fourth-order valence-electron chi connectivity index (χ4n) is 3.05. The van der Waals surface area contributed by atoms with Crippen molar-refractivity contribution in [2.45, 2.75) is 42.6 Å². The zero-order valence-electron chi connectivity index (χ0n) is 15.7. The van der Waals surface area contributed by atoms with Crippen molar-refractivity contribution in [3.8, 4) is 0 Å². The van der Waals surface area contributed by atoms with Crippen LogP contribution < -0.4 is 0 Å². The Hall–Kier alpha value is -0.120. The van der Waals surface area contributed by atoms with Gasteiger partial charge in [-0.05, 0) is 58.2 Å². The molecule has 164 valence electrons. The second kappa shape index (κ2) is 9.79. The Balaban J connectivity index is 1.68. The average Bonchev–Trinajstić information content (AvgIpc) is 2.81. The Bertz CT molecular complexity index is 909. The smallest absolute Gasteiger partial charge is 0.256 e. The summed E-state index contributed by atoms with van der Waals surface area (Å²) >= 11 is 27.2. The maximum Gasteiger partial charge on any atom is 0.256 e. The van der Waals surface area contributed by atoms with Crippen LogP contribution in [0.25, 0.3) is 0 Å². The van der Waals surface area contributed by atoms with Crippen LogP contribution in [0.3, 0.4) is 0 Å². The number of rotatable bonds is 7. The predicted octanol–water partition coefficient (Wildman–Crippen LogP) is 5.59. The molecule has 0 bridgehead atoms. The van der Waals surface area contributed by atoms with Gasteiger partial charge >= 0.3 is 0 Å². The molecule has 0 amide bonds. The van der Waals surface area contributed by atoms with Crippen LogP contribution in [0, 0.1) is 0 Å². The fraction of sp³-hybridized carbons (Fsp3) is 0.400. The van der Waals surface area contributed by atoms with Crippen molar-refractivity contribution in [2.75, 3.05) is 6.61 Å². The van der Waals surface area contributed by atoms with Gasteiger partial charge in [0.05, 0.1) is 19.8 Å². The van der Waals surface area contributed by atoms with Crippen molar-refractivity contribution in [3.05, 3.63) is 67.6 Å². The van der Waals surface area contributed by atoms with Crippen molar-refractivity contribution in [3.63, 3.8) is 0 Å². The molecule has 2 N–H and O–H groups in total. The van der Waals surface area contributed by atoms with Crippen LogP contribution in [0.5, 0.6) is 0 Å². The van der Waals surface area contributed by atoms with E-state index in [1.54, 1.807) is 36.4 Å². The van der Waals surface area contributed by atoms with E-state index >= 15 is 0 Å². The van der Waals surface area contributed by atoms with E-state index in [1.807, 2.05) is 0 Å². The SMILES string of the molecule is C[C@@]1(O)[C@H](OCc2ccc(Cl)cc2Cl)[C@@H](COCc2ccc(Cl)cc2Cl)OC1(O)Br. The highest BCUT2D eigenvalue weighted by molar-refractivity contribution is 9.10. The van der Waals surface area contributed by atoms with Gasteiger partial charge in [0.25, 0.3) is 4.70 Å². The van der Waals surface area contributed by atoms with E-state index in [9.17, 15) is 10.2 Å². The topological polar surface area (TPSA) is 68.2 Å². The van der Waals surface area contributed by atoms with Gasteiger partial charge in [0, 0.05) is 20.1 Å². The summed E-state index contributed by atoms with van der Waals surface area (Å²) in [4.78, 5) is 0. The maximum atomic E-state index is 10.8. The second-order valence-electron chi connectivity index (χ2n) is 7.08. The fourth-order valence-corrected chi connectivity index (χ4v) is 4.44. The van der Waals surface area contributed by atoms with Gasteiger partial charge in [-0.15, -0.1) is 0 Å². The standard InChI is InChI=1S/C20H19BrCl4O5/c1-19(26)18(29-9-12-3-5-14(23)7-16(12)25)17(30-20(19,21)27)10-28-8-11-2-4-13(22)6-15(11)24/h2-7,17-18,26-27H,8-10H2,1H3/t17-,18-,19-,20?/m1/s1. The van der Waals surface area contributed by atoms with Crippen LogP contribution in [-0.2, 0) is 27.4 Å². The van der Waals surface area contributed by atoms with Crippen molar-refractivity contribution >= 4 is 62.3 Å². The highest BCUT2D eigenvalue weighted by Gasteiger charge is 2.62. The van der Waals surface area contributed by atoms with Crippen LogP contribution in [0.4, 0.5) is 0 Å². The van der Waals surface area contributed by atoms with Gasteiger partial charge in [0.15, 0.2) is 5.60 Å². The third-order valence-corrected chi connectivity index (χ3v) is 6.98. The molecule has 5 nitrogen and oxygen atoms in total. The molecule has 1 fully saturated rings. The van der Waals surface area contributed by atoms with E-state index in [0.717, 1.165) is 5.56 Å². The van der Waals surface area contributed by atoms with E-state index < -0.39 is 22.5 Å². The quantitative estimate of drug-likeness (QED) is 0.432. The summed E-state index contributed by atoms with van der Waals surface area (Å²) in [6.07, 6.45) is -1.70. The molecule has 4 atom stereocenters. The van der Waals surface area contributed by atoms with Crippen LogP contribution in [0.15, 0.2) is 36.4 Å². The molecule has 30 heavy (non-hydrogen) atoms. The average molecular weight is 561 g/mol. The van der Waals surface area contributed by atoms with Crippen LogP contribution >= 0.6 is 62.3 Å². The number of aliphatic hydroxyl groups is 2. The van der Waals surface area contributed by atoms with E-state index in [4.69, 9.17) is 60.6 Å². The molecular weight excluding hydrogens is 542 g/mol. The molecule has 1 aliphatic heterocycles. The third kappa shape index (κ3) is 5.44. The molecule has 0 saturated carbocycles. The Labute approximate surface area is 202 Å². The molecule has 1 heterocycles. The summed E-state index contributed by atoms with van der Waals surface area (Å²) in [6, 6.07) is 10.1. The predicted molar refractivity (Wildman–Crippen MR) is 121 cm³/mol. The van der Waals surface area contributed by atoms with Gasteiger partial charge < -0.3 is 24.4 Å². The highest BCUT2D eigenvalue weighted by Crippen LogP contribution is 2.44. The first-order valence-corrected chi connectivity index (χ1v) is 11.2. The highest BCUT2D eigenvalue weighted by atomic mass is 79.9. The minimum Gasteiger partial charge on any atom is -0.381 e. The lowest BCUT2D eigenvalue weighted by Gasteiger charge is -2.31. The molecule has 0 radical (unpaired) electrons. The zero-order chi connectivity index (χ0) is 22.1. The summed E-state index contributed by atoms with van der Waals surface area (Å²) in [5.41, 5.74) is -0.350. The van der Waals surface area contributed by atoms with Crippen molar-refractivity contribution in [1.29, 1.82) is 0 Å². The molecule has 1 aliphatic rings. The Morgan fingerprint density at radius 3 is 2.03 bits per heavy atom. The van der Waals surface area contributed by atoms with E-state index in [-0.39, 0.29) is 19.8 Å². The summed E-state index contributed by atoms with van der Waals surface area (Å²) in [5.74, 6) is 0.